The molecule has 0 saturated heterocycles. The van der Waals surface area contributed by atoms with Gasteiger partial charge in [0.05, 0.1) is 6.54 Å². The molecule has 106 valence electrons. The largest absolute Gasteiger partial charge is 0.359 e. The van der Waals surface area contributed by atoms with Gasteiger partial charge >= 0.3 is 0 Å². The van der Waals surface area contributed by atoms with Gasteiger partial charge in [-0.25, -0.2) is 0 Å². The van der Waals surface area contributed by atoms with E-state index in [4.69, 9.17) is 16.1 Å². The maximum atomic E-state index is 5.90. The van der Waals surface area contributed by atoms with E-state index in [0.717, 1.165) is 41.0 Å². The summed E-state index contributed by atoms with van der Waals surface area (Å²) in [5.74, 6) is 1.83. The van der Waals surface area contributed by atoms with E-state index in [1.165, 1.54) is 19.4 Å². The molecule has 0 amide bonds. The van der Waals surface area contributed by atoms with Crippen molar-refractivity contribution in [3.63, 3.8) is 0 Å². The Bertz CT molecular complexity index is 560. The van der Waals surface area contributed by atoms with Crippen LogP contribution in [0.25, 0.3) is 11.3 Å². The molecule has 0 aliphatic heterocycles. The Morgan fingerprint density at radius 2 is 2.05 bits per heavy atom. The highest BCUT2D eigenvalue weighted by atomic mass is 35.5. The number of benzene rings is 1. The van der Waals surface area contributed by atoms with Gasteiger partial charge in [-0.1, -0.05) is 35.8 Å². The Hall–Kier alpha value is -1.32. The molecule has 2 aromatic rings. The van der Waals surface area contributed by atoms with E-state index in [2.05, 4.69) is 17.0 Å². The lowest BCUT2D eigenvalue weighted by Crippen LogP contribution is -2.24. The Morgan fingerprint density at radius 1 is 1.30 bits per heavy atom. The van der Waals surface area contributed by atoms with Crippen LogP contribution in [-0.4, -0.2) is 23.1 Å². The monoisotopic (exact) mass is 290 g/mol. The average Bonchev–Trinajstić information content (AvgIpc) is 3.15. The fourth-order valence-electron chi connectivity index (χ4n) is 2.34. The molecule has 1 aromatic heterocycles. The molecule has 3 nitrogen and oxygen atoms in total. The van der Waals surface area contributed by atoms with Crippen LogP contribution in [-0.2, 0) is 6.54 Å². The maximum Gasteiger partial charge on any atom is 0.151 e. The van der Waals surface area contributed by atoms with Crippen LogP contribution >= 0.6 is 11.6 Å². The molecular weight excluding hydrogens is 272 g/mol. The highest BCUT2D eigenvalue weighted by Gasteiger charge is 2.24. The van der Waals surface area contributed by atoms with Crippen LogP contribution in [0.4, 0.5) is 0 Å². The second kappa shape index (κ2) is 5.98. The van der Waals surface area contributed by atoms with Crippen molar-refractivity contribution in [3.8, 4) is 11.3 Å². The SMILES string of the molecule is CCN(Cc1cc(-c2ccc(Cl)cc2)no1)CC1CC1. The summed E-state index contributed by atoms with van der Waals surface area (Å²) in [6, 6.07) is 9.70. The number of rotatable bonds is 6. The molecule has 0 bridgehead atoms. The smallest absolute Gasteiger partial charge is 0.151 e. The van der Waals surface area contributed by atoms with E-state index in [0.29, 0.717) is 0 Å². The lowest BCUT2D eigenvalue weighted by Gasteiger charge is -2.17. The van der Waals surface area contributed by atoms with E-state index >= 15 is 0 Å². The molecule has 3 rings (SSSR count). The zero-order chi connectivity index (χ0) is 13.9. The summed E-state index contributed by atoms with van der Waals surface area (Å²) in [4.78, 5) is 2.42. The molecule has 0 atom stereocenters. The van der Waals surface area contributed by atoms with Crippen molar-refractivity contribution in [2.75, 3.05) is 13.1 Å². The lowest BCUT2D eigenvalue weighted by molar-refractivity contribution is 0.233. The van der Waals surface area contributed by atoms with Gasteiger partial charge in [-0.15, -0.1) is 0 Å². The van der Waals surface area contributed by atoms with Crippen LogP contribution in [0, 0.1) is 5.92 Å². The molecule has 4 heteroatoms. The van der Waals surface area contributed by atoms with Crippen molar-refractivity contribution in [1.82, 2.24) is 10.1 Å². The highest BCUT2D eigenvalue weighted by Crippen LogP contribution is 2.30. The van der Waals surface area contributed by atoms with Gasteiger partial charge in [-0.3, -0.25) is 4.90 Å². The van der Waals surface area contributed by atoms with Gasteiger partial charge in [0.15, 0.2) is 5.76 Å². The van der Waals surface area contributed by atoms with Crippen LogP contribution in [0.2, 0.25) is 5.02 Å². The first kappa shape index (κ1) is 13.7. The average molecular weight is 291 g/mol. The standard InChI is InChI=1S/C16H19ClN2O/c1-2-19(10-12-3-4-12)11-15-9-16(18-20-15)13-5-7-14(17)8-6-13/h5-9,12H,2-4,10-11H2,1H3. The summed E-state index contributed by atoms with van der Waals surface area (Å²) in [6.07, 6.45) is 2.76. The number of hydrogen-bond donors (Lipinski definition) is 0. The molecular formula is C16H19ClN2O. The molecule has 0 spiro atoms. The highest BCUT2D eigenvalue weighted by molar-refractivity contribution is 6.30. The summed E-state index contributed by atoms with van der Waals surface area (Å²) in [5.41, 5.74) is 1.91. The number of nitrogens with zero attached hydrogens (tertiary/aromatic N) is 2. The zero-order valence-electron chi connectivity index (χ0n) is 11.7. The van der Waals surface area contributed by atoms with E-state index < -0.39 is 0 Å². The van der Waals surface area contributed by atoms with Crippen LogP contribution in [0.1, 0.15) is 25.5 Å². The van der Waals surface area contributed by atoms with Gasteiger partial charge in [-0.05, 0) is 37.4 Å². The van der Waals surface area contributed by atoms with Crippen molar-refractivity contribution >= 4 is 11.6 Å². The summed E-state index contributed by atoms with van der Waals surface area (Å²) < 4.78 is 5.46. The molecule has 1 heterocycles. The van der Waals surface area contributed by atoms with Gasteiger partial charge in [-0.2, -0.15) is 0 Å². The van der Waals surface area contributed by atoms with Crippen LogP contribution in [0.3, 0.4) is 0 Å². The first-order chi connectivity index (χ1) is 9.74. The molecule has 1 fully saturated rings. The Kier molecular flexibility index (Phi) is 4.08. The molecule has 1 aromatic carbocycles. The Labute approximate surface area is 124 Å². The van der Waals surface area contributed by atoms with Crippen LogP contribution in [0.5, 0.6) is 0 Å². The number of halogens is 1. The van der Waals surface area contributed by atoms with Crippen molar-refractivity contribution in [2.24, 2.45) is 5.92 Å². The summed E-state index contributed by atoms with van der Waals surface area (Å²) >= 11 is 5.90. The molecule has 20 heavy (non-hydrogen) atoms. The minimum atomic E-state index is 0.735. The summed E-state index contributed by atoms with van der Waals surface area (Å²) in [5, 5.41) is 4.89. The van der Waals surface area contributed by atoms with Crippen LogP contribution in [0.15, 0.2) is 34.9 Å². The third kappa shape index (κ3) is 3.41. The van der Waals surface area contributed by atoms with E-state index in [1.54, 1.807) is 0 Å². The normalized spacial score (nSPS) is 14.9. The van der Waals surface area contributed by atoms with Gasteiger partial charge in [0, 0.05) is 23.2 Å². The Morgan fingerprint density at radius 3 is 2.70 bits per heavy atom. The van der Waals surface area contributed by atoms with Gasteiger partial charge < -0.3 is 4.52 Å². The predicted molar refractivity (Wildman–Crippen MR) is 80.6 cm³/mol. The van der Waals surface area contributed by atoms with Crippen LogP contribution < -0.4 is 0 Å². The Balaban J connectivity index is 1.67. The third-order valence-electron chi connectivity index (χ3n) is 3.74. The lowest BCUT2D eigenvalue weighted by atomic mass is 10.1. The number of hydrogen-bond acceptors (Lipinski definition) is 3. The topological polar surface area (TPSA) is 29.3 Å². The van der Waals surface area contributed by atoms with Gasteiger partial charge in [0.1, 0.15) is 5.69 Å². The molecule has 0 N–H and O–H groups in total. The van der Waals surface area contributed by atoms with Gasteiger partial charge in [0.2, 0.25) is 0 Å². The van der Waals surface area contributed by atoms with Crippen molar-refractivity contribution in [2.45, 2.75) is 26.3 Å². The minimum absolute atomic E-state index is 0.735. The van der Waals surface area contributed by atoms with Crippen molar-refractivity contribution < 1.29 is 4.52 Å². The second-order valence-electron chi connectivity index (χ2n) is 5.46. The molecule has 1 saturated carbocycles. The van der Waals surface area contributed by atoms with E-state index in [-0.39, 0.29) is 0 Å². The van der Waals surface area contributed by atoms with Gasteiger partial charge in [0.25, 0.3) is 0 Å². The molecule has 0 radical (unpaired) electrons. The quantitative estimate of drug-likeness (QED) is 0.797. The second-order valence-corrected chi connectivity index (χ2v) is 5.89. The summed E-state index contributed by atoms with van der Waals surface area (Å²) in [7, 11) is 0. The molecule has 0 unspecified atom stereocenters. The zero-order valence-corrected chi connectivity index (χ0v) is 12.4. The first-order valence-corrected chi connectivity index (χ1v) is 7.56. The number of aromatic nitrogens is 1. The van der Waals surface area contributed by atoms with Crippen molar-refractivity contribution in [3.05, 3.63) is 41.1 Å². The first-order valence-electron chi connectivity index (χ1n) is 7.18. The van der Waals surface area contributed by atoms with E-state index in [9.17, 15) is 0 Å². The third-order valence-corrected chi connectivity index (χ3v) is 3.99. The van der Waals surface area contributed by atoms with Crippen molar-refractivity contribution in [1.29, 1.82) is 0 Å². The maximum absolute atomic E-state index is 5.90. The minimum Gasteiger partial charge on any atom is -0.359 e. The fourth-order valence-corrected chi connectivity index (χ4v) is 2.46. The molecule has 1 aliphatic rings. The predicted octanol–water partition coefficient (Wildman–Crippen LogP) is 4.23. The molecule has 1 aliphatic carbocycles. The fraction of sp³-hybridized carbons (Fsp3) is 0.438. The summed E-state index contributed by atoms with van der Waals surface area (Å²) in [6.45, 7) is 5.26. The van der Waals surface area contributed by atoms with E-state index in [1.807, 2.05) is 30.3 Å².